The molecule has 72 valence electrons. The maximum atomic E-state index is 10.7. The predicted molar refractivity (Wildman–Crippen MR) is 54.8 cm³/mol. The molecule has 0 saturated heterocycles. The van der Waals surface area contributed by atoms with Crippen LogP contribution in [-0.2, 0) is 6.61 Å². The minimum absolute atomic E-state index is 0.0101. The Morgan fingerprint density at radius 1 is 1.43 bits per heavy atom. The third kappa shape index (κ3) is 1.20. The second-order valence-electron chi connectivity index (χ2n) is 2.89. The molecular formula is C10H8O3S. The van der Waals surface area contributed by atoms with Crippen molar-refractivity contribution in [2.45, 2.75) is 6.61 Å². The molecule has 2 rings (SSSR count). The van der Waals surface area contributed by atoms with Crippen molar-refractivity contribution >= 4 is 27.7 Å². The number of carbonyl (C=O) groups is 1. The second-order valence-corrected chi connectivity index (χ2v) is 3.92. The van der Waals surface area contributed by atoms with E-state index in [0.717, 1.165) is 16.0 Å². The van der Waals surface area contributed by atoms with E-state index in [1.165, 1.54) is 0 Å². The molecule has 0 amide bonds. The number of aliphatic hydroxyl groups is 1. The van der Waals surface area contributed by atoms with Crippen molar-refractivity contribution in [1.29, 1.82) is 0 Å². The molecule has 0 fully saturated rings. The van der Waals surface area contributed by atoms with Crippen molar-refractivity contribution in [3.63, 3.8) is 0 Å². The lowest BCUT2D eigenvalue weighted by atomic mass is 10.1. The van der Waals surface area contributed by atoms with E-state index in [2.05, 4.69) is 0 Å². The van der Waals surface area contributed by atoms with Crippen LogP contribution in [0.1, 0.15) is 15.9 Å². The van der Waals surface area contributed by atoms with Gasteiger partial charge in [-0.15, -0.1) is 0 Å². The summed E-state index contributed by atoms with van der Waals surface area (Å²) in [5.74, 6) is 0. The van der Waals surface area contributed by atoms with Gasteiger partial charge in [0.2, 0.25) is 0 Å². The Bertz CT molecular complexity index is 487. The zero-order valence-corrected chi connectivity index (χ0v) is 8.04. The van der Waals surface area contributed by atoms with Gasteiger partial charge in [0.15, 0.2) is 11.3 Å². The standard InChI is InChI=1S/C10H8O3S/c11-4-6-2-1-3-8-9(6)7(5-12)10(13)14-8/h1-3,5,11,13H,4H2. The fourth-order valence-electron chi connectivity index (χ4n) is 1.47. The minimum atomic E-state index is -0.131. The van der Waals surface area contributed by atoms with Gasteiger partial charge in [-0.3, -0.25) is 4.79 Å². The van der Waals surface area contributed by atoms with Gasteiger partial charge in [-0.05, 0) is 11.6 Å². The predicted octanol–water partition coefficient (Wildman–Crippen LogP) is 1.91. The smallest absolute Gasteiger partial charge is 0.183 e. The van der Waals surface area contributed by atoms with Gasteiger partial charge in [0.05, 0.1) is 12.2 Å². The number of benzene rings is 1. The van der Waals surface area contributed by atoms with E-state index in [1.54, 1.807) is 12.1 Å². The normalized spacial score (nSPS) is 10.6. The molecule has 4 heteroatoms. The van der Waals surface area contributed by atoms with Gasteiger partial charge in [0, 0.05) is 10.1 Å². The summed E-state index contributed by atoms with van der Waals surface area (Å²) in [6, 6.07) is 5.34. The Balaban J connectivity index is 2.89. The van der Waals surface area contributed by atoms with Crippen molar-refractivity contribution in [1.82, 2.24) is 0 Å². The van der Waals surface area contributed by atoms with Crippen LogP contribution in [0.15, 0.2) is 18.2 Å². The summed E-state index contributed by atoms with van der Waals surface area (Å²) in [5.41, 5.74) is 0.941. The second kappa shape index (κ2) is 3.40. The summed E-state index contributed by atoms with van der Waals surface area (Å²) in [6.07, 6.45) is 0.618. The van der Waals surface area contributed by atoms with Crippen LogP contribution >= 0.6 is 11.3 Å². The van der Waals surface area contributed by atoms with Gasteiger partial charge in [-0.2, -0.15) is 0 Å². The first-order valence-corrected chi connectivity index (χ1v) is 4.89. The number of thiophene rings is 1. The number of aromatic hydroxyl groups is 1. The summed E-state index contributed by atoms with van der Waals surface area (Å²) in [6.45, 7) is -0.131. The molecule has 14 heavy (non-hydrogen) atoms. The fraction of sp³-hybridized carbons (Fsp3) is 0.100. The molecule has 3 nitrogen and oxygen atoms in total. The lowest BCUT2D eigenvalue weighted by Crippen LogP contribution is -1.86. The SMILES string of the molecule is O=Cc1c(O)sc2cccc(CO)c12. The van der Waals surface area contributed by atoms with Gasteiger partial charge in [0.1, 0.15) is 0 Å². The molecule has 1 aromatic heterocycles. The number of rotatable bonds is 2. The fourth-order valence-corrected chi connectivity index (χ4v) is 2.43. The average molecular weight is 208 g/mol. The molecule has 0 spiro atoms. The number of hydrogen-bond acceptors (Lipinski definition) is 4. The quantitative estimate of drug-likeness (QED) is 0.741. The molecule has 1 aromatic carbocycles. The van der Waals surface area contributed by atoms with E-state index >= 15 is 0 Å². The molecule has 0 aliphatic heterocycles. The molecule has 2 N–H and O–H groups in total. The van der Waals surface area contributed by atoms with Gasteiger partial charge in [-0.1, -0.05) is 23.5 Å². The van der Waals surface area contributed by atoms with Crippen molar-refractivity contribution < 1.29 is 15.0 Å². The maximum absolute atomic E-state index is 10.7. The number of aliphatic hydroxyl groups excluding tert-OH is 1. The van der Waals surface area contributed by atoms with Gasteiger partial charge in [0.25, 0.3) is 0 Å². The van der Waals surface area contributed by atoms with Gasteiger partial charge in [-0.25, -0.2) is 0 Å². The molecule has 0 atom stereocenters. The third-order valence-electron chi connectivity index (χ3n) is 2.11. The zero-order valence-electron chi connectivity index (χ0n) is 7.23. The third-order valence-corrected chi connectivity index (χ3v) is 3.08. The van der Waals surface area contributed by atoms with Crippen molar-refractivity contribution in [3.05, 3.63) is 29.3 Å². The molecule has 0 bridgehead atoms. The first kappa shape index (κ1) is 9.18. The zero-order chi connectivity index (χ0) is 10.1. The van der Waals surface area contributed by atoms with Crippen molar-refractivity contribution in [3.8, 4) is 5.06 Å². The molecule has 0 aliphatic carbocycles. The Labute approximate surface area is 84.2 Å². The van der Waals surface area contributed by atoms with E-state index < -0.39 is 0 Å². The topological polar surface area (TPSA) is 57.5 Å². The summed E-state index contributed by atoms with van der Waals surface area (Å²) >= 11 is 1.15. The van der Waals surface area contributed by atoms with Crippen LogP contribution in [0.25, 0.3) is 10.1 Å². The number of fused-ring (bicyclic) bond motifs is 1. The Kier molecular flexibility index (Phi) is 2.23. The molecule has 1 heterocycles. The van der Waals surface area contributed by atoms with E-state index in [-0.39, 0.29) is 17.2 Å². The summed E-state index contributed by atoms with van der Waals surface area (Å²) in [5, 5.41) is 19.2. The van der Waals surface area contributed by atoms with Crippen LogP contribution in [0.5, 0.6) is 5.06 Å². The summed E-state index contributed by atoms with van der Waals surface area (Å²) < 4.78 is 0.816. The van der Waals surface area contributed by atoms with Crippen LogP contribution in [0.3, 0.4) is 0 Å². The molecule has 2 aromatic rings. The minimum Gasteiger partial charge on any atom is -0.499 e. The molecule has 0 aliphatic rings. The number of aldehydes is 1. The number of hydrogen-bond donors (Lipinski definition) is 2. The van der Waals surface area contributed by atoms with Gasteiger partial charge < -0.3 is 10.2 Å². The Hall–Kier alpha value is -1.39. The van der Waals surface area contributed by atoms with Crippen LogP contribution in [-0.4, -0.2) is 16.5 Å². The van der Waals surface area contributed by atoms with Crippen molar-refractivity contribution in [2.24, 2.45) is 0 Å². The van der Waals surface area contributed by atoms with E-state index in [9.17, 15) is 9.90 Å². The highest BCUT2D eigenvalue weighted by Gasteiger charge is 2.13. The van der Waals surface area contributed by atoms with Crippen LogP contribution < -0.4 is 0 Å². The molecular weight excluding hydrogens is 200 g/mol. The van der Waals surface area contributed by atoms with Crippen LogP contribution in [0, 0.1) is 0 Å². The summed E-state index contributed by atoms with van der Waals surface area (Å²) in [4.78, 5) is 10.7. The summed E-state index contributed by atoms with van der Waals surface area (Å²) in [7, 11) is 0. The van der Waals surface area contributed by atoms with Crippen LogP contribution in [0.4, 0.5) is 0 Å². The average Bonchev–Trinajstić information content (AvgIpc) is 2.52. The maximum Gasteiger partial charge on any atom is 0.183 e. The number of carbonyl (C=O) groups excluding carboxylic acids is 1. The molecule has 0 saturated carbocycles. The van der Waals surface area contributed by atoms with E-state index in [0.29, 0.717) is 17.2 Å². The first-order chi connectivity index (χ1) is 6.77. The lowest BCUT2D eigenvalue weighted by Gasteiger charge is -1.98. The lowest BCUT2D eigenvalue weighted by molar-refractivity contribution is 0.112. The van der Waals surface area contributed by atoms with E-state index in [4.69, 9.17) is 5.11 Å². The first-order valence-electron chi connectivity index (χ1n) is 4.07. The van der Waals surface area contributed by atoms with Crippen molar-refractivity contribution in [2.75, 3.05) is 0 Å². The highest BCUT2D eigenvalue weighted by molar-refractivity contribution is 7.21. The van der Waals surface area contributed by atoms with Gasteiger partial charge >= 0.3 is 0 Å². The largest absolute Gasteiger partial charge is 0.499 e. The molecule has 0 radical (unpaired) electrons. The Morgan fingerprint density at radius 3 is 2.86 bits per heavy atom. The monoisotopic (exact) mass is 208 g/mol. The van der Waals surface area contributed by atoms with E-state index in [1.807, 2.05) is 6.07 Å². The highest BCUT2D eigenvalue weighted by atomic mass is 32.1. The molecule has 0 unspecified atom stereocenters. The Morgan fingerprint density at radius 2 is 2.21 bits per heavy atom. The highest BCUT2D eigenvalue weighted by Crippen LogP contribution is 2.37. The van der Waals surface area contributed by atoms with Crippen LogP contribution in [0.2, 0.25) is 0 Å².